The van der Waals surface area contributed by atoms with Gasteiger partial charge in [0.1, 0.15) is 0 Å². The van der Waals surface area contributed by atoms with Crippen molar-refractivity contribution in [1.82, 2.24) is 10.2 Å². The number of hydrogen-bond acceptors (Lipinski definition) is 2. The number of halogens is 1. The van der Waals surface area contributed by atoms with Gasteiger partial charge in [-0.25, -0.2) is 0 Å². The zero-order valence-corrected chi connectivity index (χ0v) is 12.4. The van der Waals surface area contributed by atoms with Gasteiger partial charge in [-0.05, 0) is 36.8 Å². The van der Waals surface area contributed by atoms with E-state index in [0.717, 1.165) is 26.6 Å². The molecule has 0 bridgehead atoms. The highest BCUT2D eigenvalue weighted by atomic mass is 79.9. The molecule has 1 heterocycles. The number of para-hydroxylation sites is 1. The molecule has 1 aromatic heterocycles. The maximum absolute atomic E-state index is 12.3. The number of rotatable bonds is 2. The molecule has 0 radical (unpaired) electrons. The molecule has 0 aliphatic carbocycles. The second-order valence-electron chi connectivity index (χ2n) is 4.61. The fraction of sp³-hybridized carbons (Fsp3) is 0.0667. The zero-order valence-electron chi connectivity index (χ0n) is 10.8. The average Bonchev–Trinajstić information content (AvgIpc) is 2.87. The summed E-state index contributed by atoms with van der Waals surface area (Å²) in [6.45, 7) is 1.96. The molecule has 0 aliphatic heterocycles. The first kappa shape index (κ1) is 12.9. The molecule has 2 N–H and O–H groups in total. The van der Waals surface area contributed by atoms with E-state index in [-0.39, 0.29) is 5.91 Å². The number of anilines is 1. The van der Waals surface area contributed by atoms with Crippen LogP contribution in [0.3, 0.4) is 0 Å². The molecule has 0 aliphatic rings. The Hall–Kier alpha value is -2.14. The van der Waals surface area contributed by atoms with Gasteiger partial charge in [0.25, 0.3) is 5.91 Å². The number of nitrogens with one attached hydrogen (secondary N) is 2. The maximum Gasteiger partial charge on any atom is 0.255 e. The Morgan fingerprint density at radius 2 is 2.15 bits per heavy atom. The van der Waals surface area contributed by atoms with Crippen molar-refractivity contribution < 1.29 is 4.79 Å². The quantitative estimate of drug-likeness (QED) is 0.749. The number of hydrogen-bond donors (Lipinski definition) is 2. The number of aromatic amines is 1. The number of carbonyl (C=O) groups excluding carboxylic acids is 1. The maximum atomic E-state index is 12.3. The van der Waals surface area contributed by atoms with Crippen molar-refractivity contribution in [1.29, 1.82) is 0 Å². The Balaban J connectivity index is 1.94. The van der Waals surface area contributed by atoms with Crippen molar-refractivity contribution in [2.75, 3.05) is 5.32 Å². The minimum absolute atomic E-state index is 0.142. The van der Waals surface area contributed by atoms with Crippen molar-refractivity contribution in [2.45, 2.75) is 6.92 Å². The Morgan fingerprint density at radius 1 is 1.30 bits per heavy atom. The summed E-state index contributed by atoms with van der Waals surface area (Å²) in [5.41, 5.74) is 3.20. The Kier molecular flexibility index (Phi) is 3.28. The molecular weight excluding hydrogens is 318 g/mol. The third-order valence-electron chi connectivity index (χ3n) is 3.03. The van der Waals surface area contributed by atoms with Crippen molar-refractivity contribution in [3.63, 3.8) is 0 Å². The minimum Gasteiger partial charge on any atom is -0.320 e. The number of aryl methyl sites for hydroxylation is 1. The lowest BCUT2D eigenvalue weighted by Crippen LogP contribution is -2.12. The highest BCUT2D eigenvalue weighted by Crippen LogP contribution is 2.22. The summed E-state index contributed by atoms with van der Waals surface area (Å²) in [6.07, 6.45) is 1.73. The van der Waals surface area contributed by atoms with Crippen molar-refractivity contribution in [3.05, 3.63) is 58.2 Å². The molecule has 20 heavy (non-hydrogen) atoms. The number of benzene rings is 2. The molecule has 0 spiro atoms. The Bertz CT molecular complexity index is 774. The largest absolute Gasteiger partial charge is 0.320 e. The van der Waals surface area contributed by atoms with E-state index >= 15 is 0 Å². The fourth-order valence-corrected chi connectivity index (χ4v) is 2.74. The number of carbonyl (C=O) groups is 1. The molecule has 3 rings (SSSR count). The van der Waals surface area contributed by atoms with Crippen LogP contribution in [0.1, 0.15) is 15.9 Å². The lowest BCUT2D eigenvalue weighted by molar-refractivity contribution is 0.102. The van der Waals surface area contributed by atoms with Crippen LogP contribution in [-0.4, -0.2) is 16.1 Å². The van der Waals surface area contributed by atoms with Crippen molar-refractivity contribution in [2.24, 2.45) is 0 Å². The minimum atomic E-state index is -0.142. The first-order valence-corrected chi connectivity index (χ1v) is 6.93. The number of aromatic nitrogens is 2. The smallest absolute Gasteiger partial charge is 0.255 e. The van der Waals surface area contributed by atoms with E-state index in [2.05, 4.69) is 31.4 Å². The molecular formula is C15H12BrN3O. The third kappa shape index (κ3) is 2.44. The van der Waals surface area contributed by atoms with E-state index in [1.807, 2.05) is 37.3 Å². The standard InChI is InChI=1S/C15H12BrN3O/c1-9-5-11(7-12(16)6-9)15(20)18-13-4-2-3-10-8-17-19-14(10)13/h2-8H,1H3,(H,17,19)(H,18,20). The van der Waals surface area contributed by atoms with Gasteiger partial charge in [-0.3, -0.25) is 9.89 Å². The van der Waals surface area contributed by atoms with Crippen LogP contribution in [0.25, 0.3) is 10.9 Å². The molecule has 0 saturated heterocycles. The second-order valence-corrected chi connectivity index (χ2v) is 5.53. The van der Waals surface area contributed by atoms with E-state index < -0.39 is 0 Å². The summed E-state index contributed by atoms with van der Waals surface area (Å²) in [5.74, 6) is -0.142. The van der Waals surface area contributed by atoms with Crippen LogP contribution in [0.5, 0.6) is 0 Å². The van der Waals surface area contributed by atoms with E-state index in [9.17, 15) is 4.79 Å². The molecule has 3 aromatic rings. The van der Waals surface area contributed by atoms with Crippen LogP contribution in [0.2, 0.25) is 0 Å². The van der Waals surface area contributed by atoms with Crippen LogP contribution in [0, 0.1) is 6.92 Å². The van der Waals surface area contributed by atoms with Gasteiger partial charge in [-0.2, -0.15) is 5.10 Å². The lowest BCUT2D eigenvalue weighted by Gasteiger charge is -2.07. The van der Waals surface area contributed by atoms with Crippen LogP contribution in [0.15, 0.2) is 47.1 Å². The molecule has 0 unspecified atom stereocenters. The van der Waals surface area contributed by atoms with Gasteiger partial charge in [0, 0.05) is 15.4 Å². The highest BCUT2D eigenvalue weighted by Gasteiger charge is 2.10. The molecule has 0 fully saturated rings. The van der Waals surface area contributed by atoms with E-state index in [1.54, 1.807) is 12.3 Å². The number of amides is 1. The normalized spacial score (nSPS) is 10.7. The summed E-state index contributed by atoms with van der Waals surface area (Å²) in [6, 6.07) is 11.3. The van der Waals surface area contributed by atoms with Gasteiger partial charge in [-0.1, -0.05) is 28.1 Å². The molecule has 0 saturated carbocycles. The molecule has 100 valence electrons. The van der Waals surface area contributed by atoms with E-state index in [0.29, 0.717) is 5.56 Å². The van der Waals surface area contributed by atoms with Gasteiger partial charge >= 0.3 is 0 Å². The predicted octanol–water partition coefficient (Wildman–Crippen LogP) is 3.89. The molecule has 1 amide bonds. The average molecular weight is 330 g/mol. The lowest BCUT2D eigenvalue weighted by atomic mass is 10.1. The molecule has 5 heteroatoms. The molecule has 0 atom stereocenters. The van der Waals surface area contributed by atoms with Crippen LogP contribution >= 0.6 is 15.9 Å². The summed E-state index contributed by atoms with van der Waals surface area (Å²) in [5, 5.41) is 10.8. The fourth-order valence-electron chi connectivity index (χ4n) is 2.13. The van der Waals surface area contributed by atoms with Gasteiger partial charge in [0.2, 0.25) is 0 Å². The predicted molar refractivity (Wildman–Crippen MR) is 82.9 cm³/mol. The Labute approximate surface area is 124 Å². The molecule has 2 aromatic carbocycles. The van der Waals surface area contributed by atoms with E-state index in [4.69, 9.17) is 0 Å². The monoisotopic (exact) mass is 329 g/mol. The number of nitrogens with zero attached hydrogens (tertiary/aromatic N) is 1. The van der Waals surface area contributed by atoms with Crippen LogP contribution in [0.4, 0.5) is 5.69 Å². The third-order valence-corrected chi connectivity index (χ3v) is 3.49. The summed E-state index contributed by atoms with van der Waals surface area (Å²) in [7, 11) is 0. The zero-order chi connectivity index (χ0) is 14.1. The first-order valence-electron chi connectivity index (χ1n) is 6.14. The second kappa shape index (κ2) is 5.09. The van der Waals surface area contributed by atoms with Crippen molar-refractivity contribution in [3.8, 4) is 0 Å². The van der Waals surface area contributed by atoms with E-state index in [1.165, 1.54) is 0 Å². The van der Waals surface area contributed by atoms with Crippen molar-refractivity contribution >= 4 is 38.4 Å². The topological polar surface area (TPSA) is 57.8 Å². The number of fused-ring (bicyclic) bond motifs is 1. The van der Waals surface area contributed by atoms with Crippen LogP contribution < -0.4 is 5.32 Å². The van der Waals surface area contributed by atoms with Gasteiger partial charge < -0.3 is 5.32 Å². The van der Waals surface area contributed by atoms with Gasteiger partial charge in [-0.15, -0.1) is 0 Å². The van der Waals surface area contributed by atoms with Gasteiger partial charge in [0.15, 0.2) is 0 Å². The van der Waals surface area contributed by atoms with Crippen LogP contribution in [-0.2, 0) is 0 Å². The summed E-state index contributed by atoms with van der Waals surface area (Å²) in [4.78, 5) is 12.3. The SMILES string of the molecule is Cc1cc(Br)cc(C(=O)Nc2cccc3cn[nH]c23)c1. The van der Waals surface area contributed by atoms with Gasteiger partial charge in [0.05, 0.1) is 17.4 Å². The number of H-pyrrole nitrogens is 1. The molecule has 4 nitrogen and oxygen atoms in total. The summed E-state index contributed by atoms with van der Waals surface area (Å²) >= 11 is 3.40. The first-order chi connectivity index (χ1) is 9.63. The Morgan fingerprint density at radius 3 is 2.95 bits per heavy atom. The summed E-state index contributed by atoms with van der Waals surface area (Å²) < 4.78 is 0.891. The highest BCUT2D eigenvalue weighted by molar-refractivity contribution is 9.10.